The number of benzene rings is 2. The van der Waals surface area contributed by atoms with Crippen molar-refractivity contribution in [2.45, 2.75) is 44.8 Å². The van der Waals surface area contributed by atoms with Crippen molar-refractivity contribution in [3.63, 3.8) is 0 Å². The van der Waals surface area contributed by atoms with E-state index in [9.17, 15) is 14.7 Å². The van der Waals surface area contributed by atoms with Crippen LogP contribution in [0.15, 0.2) is 78.6 Å². The second kappa shape index (κ2) is 11.8. The first-order valence-electron chi connectivity index (χ1n) is 11.9. The summed E-state index contributed by atoms with van der Waals surface area (Å²) >= 11 is 0. The number of rotatable bonds is 12. The van der Waals surface area contributed by atoms with Gasteiger partial charge in [0.1, 0.15) is 5.28 Å². The van der Waals surface area contributed by atoms with E-state index >= 15 is 0 Å². The van der Waals surface area contributed by atoms with Crippen molar-refractivity contribution in [1.82, 2.24) is 4.90 Å². The van der Waals surface area contributed by atoms with E-state index < -0.39 is 12.9 Å². The van der Waals surface area contributed by atoms with Gasteiger partial charge in [0.2, 0.25) is 0 Å². The van der Waals surface area contributed by atoms with Crippen molar-refractivity contribution in [2.75, 3.05) is 19.8 Å². The van der Waals surface area contributed by atoms with Crippen LogP contribution in [0.5, 0.6) is 0 Å². The van der Waals surface area contributed by atoms with Crippen LogP contribution in [-0.2, 0) is 18.9 Å². The summed E-state index contributed by atoms with van der Waals surface area (Å²) in [6.45, 7) is 6.75. The summed E-state index contributed by atoms with van der Waals surface area (Å²) in [5, 5.41) is 9.90. The maximum absolute atomic E-state index is 14.0. The first-order chi connectivity index (χ1) is 16.8. The molecule has 0 bridgehead atoms. The SMILES string of the molecule is CCOP(=O)(OCC)C(N)(CCC1=CC(c2cccc([N+](=O)[O-])c2)C=CN1CC)c1ccccc1. The van der Waals surface area contributed by atoms with Crippen molar-refractivity contribution in [1.29, 1.82) is 0 Å². The Balaban J connectivity index is 1.96. The Labute approximate surface area is 207 Å². The third-order valence-corrected chi connectivity index (χ3v) is 8.80. The molecule has 1 heterocycles. The van der Waals surface area contributed by atoms with Crippen molar-refractivity contribution in [3.8, 4) is 0 Å². The molecule has 2 unspecified atom stereocenters. The zero-order valence-electron chi connectivity index (χ0n) is 20.5. The molecule has 2 aromatic carbocycles. The van der Waals surface area contributed by atoms with E-state index in [-0.39, 0.29) is 29.7 Å². The van der Waals surface area contributed by atoms with Gasteiger partial charge in [-0.25, -0.2) is 0 Å². The Morgan fingerprint density at radius 1 is 1.09 bits per heavy atom. The smallest absolute Gasteiger partial charge is 0.352 e. The summed E-state index contributed by atoms with van der Waals surface area (Å²) in [6.07, 6.45) is 6.93. The number of hydrogen-bond acceptors (Lipinski definition) is 7. The lowest BCUT2D eigenvalue weighted by atomic mass is 9.93. The van der Waals surface area contributed by atoms with Crippen LogP contribution in [0.3, 0.4) is 0 Å². The van der Waals surface area contributed by atoms with Gasteiger partial charge < -0.3 is 19.7 Å². The van der Waals surface area contributed by atoms with E-state index in [1.54, 1.807) is 26.0 Å². The number of nitrogens with two attached hydrogens (primary N) is 1. The van der Waals surface area contributed by atoms with Crippen LogP contribution in [0.1, 0.15) is 50.7 Å². The monoisotopic (exact) mass is 499 g/mol. The molecular formula is C26H34N3O5P. The van der Waals surface area contributed by atoms with Gasteiger partial charge >= 0.3 is 7.60 Å². The summed E-state index contributed by atoms with van der Waals surface area (Å²) in [6, 6.07) is 16.0. The average Bonchev–Trinajstić information content (AvgIpc) is 2.87. The molecule has 1 aliphatic rings. The highest BCUT2D eigenvalue weighted by atomic mass is 31.2. The highest BCUT2D eigenvalue weighted by Crippen LogP contribution is 2.64. The second-order valence-corrected chi connectivity index (χ2v) is 10.6. The topological polar surface area (TPSA) is 108 Å². The first kappa shape index (κ1) is 26.8. The third-order valence-electron chi connectivity index (χ3n) is 6.14. The van der Waals surface area contributed by atoms with E-state index in [2.05, 4.69) is 11.0 Å². The zero-order valence-corrected chi connectivity index (χ0v) is 21.4. The zero-order chi connectivity index (χ0) is 25.5. The number of nitro benzene ring substituents is 1. The minimum atomic E-state index is -3.71. The standard InChI is InChI=1S/C26H34N3O5P/c1-4-28-18-16-22(21-11-10-14-25(20-21)29(30)31)19-24(28)15-17-26(27,23-12-8-7-9-13-23)35(32,33-5-2)34-6-3/h7-14,16,18-20,22H,4-6,15,17,27H2,1-3H3. The fourth-order valence-corrected chi connectivity index (χ4v) is 6.40. The predicted octanol–water partition coefficient (Wildman–Crippen LogP) is 6.27. The Kier molecular flexibility index (Phi) is 9.03. The van der Waals surface area contributed by atoms with Gasteiger partial charge in [0, 0.05) is 36.5 Å². The van der Waals surface area contributed by atoms with Gasteiger partial charge in [-0.3, -0.25) is 14.7 Å². The number of nitro groups is 1. The molecule has 0 aliphatic carbocycles. The van der Waals surface area contributed by atoms with Crippen LogP contribution in [0.4, 0.5) is 5.69 Å². The van der Waals surface area contributed by atoms with Crippen molar-refractivity contribution >= 4 is 13.3 Å². The van der Waals surface area contributed by atoms with Crippen LogP contribution >= 0.6 is 7.60 Å². The van der Waals surface area contributed by atoms with Crippen molar-refractivity contribution in [2.24, 2.45) is 5.73 Å². The van der Waals surface area contributed by atoms with Crippen LogP contribution in [0.2, 0.25) is 0 Å². The average molecular weight is 500 g/mol. The van der Waals surface area contributed by atoms with Crippen molar-refractivity contribution < 1.29 is 18.5 Å². The number of hydrogen-bond donors (Lipinski definition) is 1. The third kappa shape index (κ3) is 5.90. The van der Waals surface area contributed by atoms with Gasteiger partial charge in [0.25, 0.3) is 5.69 Å². The van der Waals surface area contributed by atoms with E-state index in [1.165, 1.54) is 6.07 Å². The molecule has 35 heavy (non-hydrogen) atoms. The lowest BCUT2D eigenvalue weighted by molar-refractivity contribution is -0.384. The fraction of sp³-hybridized carbons (Fsp3) is 0.385. The van der Waals surface area contributed by atoms with Gasteiger partial charge in [-0.2, -0.15) is 0 Å². The molecule has 0 saturated carbocycles. The van der Waals surface area contributed by atoms with Gasteiger partial charge in [-0.15, -0.1) is 0 Å². The van der Waals surface area contributed by atoms with Crippen LogP contribution in [0, 0.1) is 10.1 Å². The van der Waals surface area contributed by atoms with Gasteiger partial charge in [-0.1, -0.05) is 54.6 Å². The quantitative estimate of drug-likeness (QED) is 0.208. The molecule has 0 amide bonds. The normalized spacial score (nSPS) is 17.7. The number of allylic oxidation sites excluding steroid dienone is 3. The van der Waals surface area contributed by atoms with Gasteiger partial charge in [-0.05, 0) is 44.7 Å². The Morgan fingerprint density at radius 2 is 1.77 bits per heavy atom. The molecule has 9 heteroatoms. The lowest BCUT2D eigenvalue weighted by Gasteiger charge is -2.37. The van der Waals surface area contributed by atoms with E-state index in [4.69, 9.17) is 14.8 Å². The van der Waals surface area contributed by atoms with Gasteiger partial charge in [0.15, 0.2) is 0 Å². The largest absolute Gasteiger partial charge is 0.354 e. The molecule has 188 valence electrons. The summed E-state index contributed by atoms with van der Waals surface area (Å²) in [4.78, 5) is 13.0. The van der Waals surface area contributed by atoms with Crippen LogP contribution in [0.25, 0.3) is 0 Å². The van der Waals surface area contributed by atoms with Crippen LogP contribution < -0.4 is 5.73 Å². The maximum atomic E-state index is 14.0. The Bertz CT molecular complexity index is 1110. The Morgan fingerprint density at radius 3 is 2.37 bits per heavy atom. The van der Waals surface area contributed by atoms with Crippen molar-refractivity contribution in [3.05, 3.63) is 99.9 Å². The minimum absolute atomic E-state index is 0.0585. The molecule has 2 atom stereocenters. The van der Waals surface area contributed by atoms with E-state index in [1.807, 2.05) is 55.6 Å². The molecule has 0 spiro atoms. The first-order valence-corrected chi connectivity index (χ1v) is 13.5. The maximum Gasteiger partial charge on any atom is 0.354 e. The molecule has 0 saturated heterocycles. The van der Waals surface area contributed by atoms with E-state index in [0.29, 0.717) is 18.4 Å². The second-order valence-electron chi connectivity index (χ2n) is 8.29. The number of nitrogens with zero attached hydrogens (tertiary/aromatic N) is 2. The summed E-state index contributed by atoms with van der Waals surface area (Å²) in [5.74, 6) is -0.123. The highest BCUT2D eigenvalue weighted by molar-refractivity contribution is 7.55. The molecule has 3 rings (SSSR count). The molecule has 0 radical (unpaired) electrons. The molecule has 0 fully saturated rings. The number of non-ortho nitro benzene ring substituents is 1. The lowest BCUT2D eigenvalue weighted by Crippen LogP contribution is -2.39. The fourth-order valence-electron chi connectivity index (χ4n) is 4.33. The molecule has 2 N–H and O–H groups in total. The minimum Gasteiger partial charge on any atom is -0.352 e. The predicted molar refractivity (Wildman–Crippen MR) is 138 cm³/mol. The summed E-state index contributed by atoms with van der Waals surface area (Å²) in [7, 11) is -3.71. The van der Waals surface area contributed by atoms with E-state index in [0.717, 1.165) is 17.8 Å². The molecule has 2 aromatic rings. The summed E-state index contributed by atoms with van der Waals surface area (Å²) < 4.78 is 25.4. The Hall–Kier alpha value is -2.77. The van der Waals surface area contributed by atoms with Gasteiger partial charge in [0.05, 0.1) is 18.1 Å². The van der Waals surface area contributed by atoms with Crippen LogP contribution in [-0.4, -0.2) is 29.6 Å². The molecule has 8 nitrogen and oxygen atoms in total. The molecular weight excluding hydrogens is 465 g/mol. The summed E-state index contributed by atoms with van der Waals surface area (Å²) in [5.41, 5.74) is 9.50. The molecule has 1 aliphatic heterocycles. The molecule has 0 aromatic heterocycles. The highest BCUT2D eigenvalue weighted by Gasteiger charge is 2.49.